The van der Waals surface area contributed by atoms with Crippen molar-refractivity contribution in [3.8, 4) is 0 Å². The summed E-state index contributed by atoms with van der Waals surface area (Å²) in [6.45, 7) is 6.47. The number of allylic oxidation sites excluding steroid dienone is 1. The van der Waals surface area contributed by atoms with Gasteiger partial charge in [-0.3, -0.25) is 0 Å². The van der Waals surface area contributed by atoms with Crippen LogP contribution in [-0.4, -0.2) is 49.2 Å². The molecule has 2 aliphatic heterocycles. The van der Waals surface area contributed by atoms with E-state index >= 15 is 0 Å². The average molecular weight is 312 g/mol. The molecule has 0 amide bonds. The van der Waals surface area contributed by atoms with E-state index in [9.17, 15) is 5.11 Å². The van der Waals surface area contributed by atoms with Crippen molar-refractivity contribution in [2.75, 3.05) is 13.7 Å². The molecule has 3 rings (SSSR count). The van der Waals surface area contributed by atoms with Gasteiger partial charge in [0.2, 0.25) is 0 Å². The molecule has 1 aliphatic carbocycles. The topological polar surface area (TPSA) is 57.2 Å². The molecule has 0 aromatic rings. The molecule has 1 N–H and O–H groups in total. The van der Waals surface area contributed by atoms with Crippen molar-refractivity contribution in [2.45, 2.75) is 75.8 Å². The van der Waals surface area contributed by atoms with E-state index in [0.717, 1.165) is 31.3 Å². The summed E-state index contributed by atoms with van der Waals surface area (Å²) in [6, 6.07) is 0. The molecule has 0 radical (unpaired) electrons. The van der Waals surface area contributed by atoms with E-state index in [4.69, 9.17) is 18.9 Å². The summed E-state index contributed by atoms with van der Waals surface area (Å²) in [7, 11) is 1.56. The van der Waals surface area contributed by atoms with Crippen LogP contribution < -0.4 is 0 Å². The van der Waals surface area contributed by atoms with Crippen molar-refractivity contribution in [3.63, 3.8) is 0 Å². The SMILES string of the molecule is C=C(C)C[C@@H]1[C@@H](O)[C@H](OC)O[C@@H]1[C@H]1COC2(CCCCC2)O1. The highest BCUT2D eigenvalue weighted by molar-refractivity contribution is 5.01. The molecule has 5 nitrogen and oxygen atoms in total. The molecule has 5 atom stereocenters. The van der Waals surface area contributed by atoms with Gasteiger partial charge in [0.25, 0.3) is 0 Å². The maximum atomic E-state index is 10.4. The van der Waals surface area contributed by atoms with E-state index in [1.165, 1.54) is 6.42 Å². The number of ether oxygens (including phenoxy) is 4. The highest BCUT2D eigenvalue weighted by Gasteiger charge is 2.52. The van der Waals surface area contributed by atoms with Gasteiger partial charge in [0.05, 0.1) is 12.7 Å². The van der Waals surface area contributed by atoms with Crippen molar-refractivity contribution in [1.29, 1.82) is 0 Å². The molecule has 1 saturated carbocycles. The number of aliphatic hydroxyl groups excluding tert-OH is 1. The molecule has 3 fully saturated rings. The van der Waals surface area contributed by atoms with E-state index < -0.39 is 18.2 Å². The standard InChI is InChI=1S/C17H28O5/c1-11(2)9-12-14(18)16(19-3)21-15(12)13-10-20-17(22-13)7-5-4-6-8-17/h12-16,18H,1,4-10H2,2-3H3/t12-,13-,14-,15+,16-/m1/s1. The van der Waals surface area contributed by atoms with Crippen LogP contribution >= 0.6 is 0 Å². The normalized spacial score (nSPS) is 41.1. The van der Waals surface area contributed by atoms with Crippen LogP contribution in [0.3, 0.4) is 0 Å². The molecule has 0 unspecified atom stereocenters. The maximum absolute atomic E-state index is 10.4. The Bertz CT molecular complexity index is 404. The Morgan fingerprint density at radius 2 is 2.05 bits per heavy atom. The Kier molecular flexibility index (Phi) is 4.90. The molecule has 0 bridgehead atoms. The molecule has 22 heavy (non-hydrogen) atoms. The predicted molar refractivity (Wildman–Crippen MR) is 81.2 cm³/mol. The van der Waals surface area contributed by atoms with Crippen LogP contribution in [0.5, 0.6) is 0 Å². The Morgan fingerprint density at radius 3 is 2.68 bits per heavy atom. The zero-order chi connectivity index (χ0) is 15.7. The zero-order valence-corrected chi connectivity index (χ0v) is 13.6. The van der Waals surface area contributed by atoms with Crippen LogP contribution in [-0.2, 0) is 18.9 Å². The fourth-order valence-electron chi connectivity index (χ4n) is 4.02. The van der Waals surface area contributed by atoms with Gasteiger partial charge >= 0.3 is 0 Å². The largest absolute Gasteiger partial charge is 0.387 e. The van der Waals surface area contributed by atoms with Gasteiger partial charge in [-0.1, -0.05) is 12.0 Å². The first kappa shape index (κ1) is 16.4. The number of aliphatic hydroxyl groups is 1. The van der Waals surface area contributed by atoms with Crippen molar-refractivity contribution in [2.24, 2.45) is 5.92 Å². The summed E-state index contributed by atoms with van der Waals surface area (Å²) < 4.78 is 23.5. The average Bonchev–Trinajstić information content (AvgIpc) is 3.03. The summed E-state index contributed by atoms with van der Waals surface area (Å²) >= 11 is 0. The van der Waals surface area contributed by atoms with Crippen molar-refractivity contribution in [1.82, 2.24) is 0 Å². The minimum absolute atomic E-state index is 0.0604. The number of hydrogen-bond acceptors (Lipinski definition) is 5. The minimum atomic E-state index is -0.654. The van der Waals surface area contributed by atoms with E-state index in [1.54, 1.807) is 7.11 Å². The fourth-order valence-corrected chi connectivity index (χ4v) is 4.02. The molecule has 2 heterocycles. The smallest absolute Gasteiger partial charge is 0.183 e. The van der Waals surface area contributed by atoms with E-state index in [0.29, 0.717) is 13.0 Å². The molecule has 5 heteroatoms. The zero-order valence-electron chi connectivity index (χ0n) is 13.6. The summed E-state index contributed by atoms with van der Waals surface area (Å²) in [5, 5.41) is 10.4. The van der Waals surface area contributed by atoms with Gasteiger partial charge in [-0.15, -0.1) is 6.58 Å². The molecule has 1 spiro atoms. The lowest BCUT2D eigenvalue weighted by Crippen LogP contribution is -2.39. The van der Waals surface area contributed by atoms with Crippen molar-refractivity contribution >= 4 is 0 Å². The van der Waals surface area contributed by atoms with Gasteiger partial charge in [-0.25, -0.2) is 0 Å². The van der Waals surface area contributed by atoms with Gasteiger partial charge < -0.3 is 24.1 Å². The first-order valence-electron chi connectivity index (χ1n) is 8.37. The van der Waals surface area contributed by atoms with Gasteiger partial charge in [0.15, 0.2) is 12.1 Å². The molecule has 2 saturated heterocycles. The lowest BCUT2D eigenvalue weighted by atomic mass is 9.89. The molecular formula is C17H28O5. The van der Waals surface area contributed by atoms with Crippen LogP contribution in [0, 0.1) is 5.92 Å². The lowest BCUT2D eigenvalue weighted by Gasteiger charge is -2.33. The van der Waals surface area contributed by atoms with Crippen molar-refractivity contribution in [3.05, 3.63) is 12.2 Å². The predicted octanol–water partition coefficient (Wildman–Crippen LogP) is 2.38. The van der Waals surface area contributed by atoms with Crippen LogP contribution in [0.25, 0.3) is 0 Å². The van der Waals surface area contributed by atoms with Crippen LogP contribution in [0.4, 0.5) is 0 Å². The highest BCUT2D eigenvalue weighted by atomic mass is 16.8. The fraction of sp³-hybridized carbons (Fsp3) is 0.882. The second kappa shape index (κ2) is 6.57. The summed E-state index contributed by atoms with van der Waals surface area (Å²) in [4.78, 5) is 0. The number of rotatable bonds is 4. The summed E-state index contributed by atoms with van der Waals surface area (Å²) in [6.07, 6.45) is 4.57. The highest BCUT2D eigenvalue weighted by Crippen LogP contribution is 2.43. The van der Waals surface area contributed by atoms with Gasteiger partial charge in [0, 0.05) is 25.9 Å². The third kappa shape index (κ3) is 3.10. The second-order valence-corrected chi connectivity index (χ2v) is 6.96. The first-order valence-corrected chi connectivity index (χ1v) is 8.37. The third-order valence-corrected chi connectivity index (χ3v) is 5.11. The van der Waals surface area contributed by atoms with Crippen LogP contribution in [0.2, 0.25) is 0 Å². The summed E-state index contributed by atoms with van der Waals surface area (Å²) in [5.74, 6) is -0.481. The van der Waals surface area contributed by atoms with Gasteiger partial charge in [-0.2, -0.15) is 0 Å². The summed E-state index contributed by atoms with van der Waals surface area (Å²) in [5.41, 5.74) is 1.03. The molecule has 0 aromatic heterocycles. The molecule has 126 valence electrons. The second-order valence-electron chi connectivity index (χ2n) is 6.96. The van der Waals surface area contributed by atoms with Gasteiger partial charge in [0.1, 0.15) is 12.2 Å². The number of methoxy groups -OCH3 is 1. The van der Waals surface area contributed by atoms with Crippen molar-refractivity contribution < 1.29 is 24.1 Å². The Labute approximate surface area is 132 Å². The molecule has 3 aliphatic rings. The third-order valence-electron chi connectivity index (χ3n) is 5.11. The molecular weight excluding hydrogens is 284 g/mol. The monoisotopic (exact) mass is 312 g/mol. The van der Waals surface area contributed by atoms with E-state index in [1.807, 2.05) is 6.92 Å². The Morgan fingerprint density at radius 1 is 1.32 bits per heavy atom. The van der Waals surface area contributed by atoms with Gasteiger partial charge in [-0.05, 0) is 26.2 Å². The Hall–Kier alpha value is -0.460. The lowest BCUT2D eigenvalue weighted by molar-refractivity contribution is -0.209. The quantitative estimate of drug-likeness (QED) is 0.808. The van der Waals surface area contributed by atoms with Crippen LogP contribution in [0.15, 0.2) is 12.2 Å². The number of hydrogen-bond donors (Lipinski definition) is 1. The minimum Gasteiger partial charge on any atom is -0.387 e. The molecule has 0 aromatic carbocycles. The van der Waals surface area contributed by atoms with E-state index in [-0.39, 0.29) is 18.1 Å². The first-order chi connectivity index (χ1) is 10.5. The Balaban J connectivity index is 1.70. The van der Waals surface area contributed by atoms with E-state index in [2.05, 4.69) is 6.58 Å². The van der Waals surface area contributed by atoms with Crippen LogP contribution in [0.1, 0.15) is 45.4 Å². The maximum Gasteiger partial charge on any atom is 0.183 e.